The fourth-order valence-electron chi connectivity index (χ4n) is 2.88. The van der Waals surface area contributed by atoms with Gasteiger partial charge < -0.3 is 9.64 Å². The van der Waals surface area contributed by atoms with Crippen LogP contribution >= 0.6 is 0 Å². The Morgan fingerprint density at radius 1 is 1.09 bits per heavy atom. The maximum atomic E-state index is 5.90. The molecular formula is C17H21N5O. The van der Waals surface area contributed by atoms with Gasteiger partial charge >= 0.3 is 6.01 Å². The van der Waals surface area contributed by atoms with Crippen molar-refractivity contribution in [3.63, 3.8) is 0 Å². The molecule has 0 amide bonds. The van der Waals surface area contributed by atoms with E-state index in [1.165, 1.54) is 12.8 Å². The molecule has 0 spiro atoms. The molecule has 2 fully saturated rings. The van der Waals surface area contributed by atoms with E-state index in [2.05, 4.69) is 25.9 Å². The second-order valence-electron chi connectivity index (χ2n) is 6.52. The molecule has 0 bridgehead atoms. The SMILES string of the molecule is Cc1cnc(OC2CCN(c3cc(C)nc(C4CC4)n3)C2)nc1. The summed E-state index contributed by atoms with van der Waals surface area (Å²) in [5.41, 5.74) is 2.08. The van der Waals surface area contributed by atoms with Crippen molar-refractivity contribution < 1.29 is 4.74 Å². The van der Waals surface area contributed by atoms with Crippen molar-refractivity contribution in [2.45, 2.75) is 45.1 Å². The Hall–Kier alpha value is -2.24. The molecule has 1 aliphatic carbocycles. The van der Waals surface area contributed by atoms with E-state index in [1.807, 2.05) is 13.8 Å². The summed E-state index contributed by atoms with van der Waals surface area (Å²) in [6.45, 7) is 5.77. The minimum atomic E-state index is 0.109. The monoisotopic (exact) mass is 311 g/mol. The number of aromatic nitrogens is 4. The first-order chi connectivity index (χ1) is 11.2. The van der Waals surface area contributed by atoms with Crippen LogP contribution in [0.15, 0.2) is 18.5 Å². The van der Waals surface area contributed by atoms with Gasteiger partial charge in [0.15, 0.2) is 0 Å². The fourth-order valence-corrected chi connectivity index (χ4v) is 2.88. The third-order valence-corrected chi connectivity index (χ3v) is 4.30. The lowest BCUT2D eigenvalue weighted by Gasteiger charge is -2.18. The third kappa shape index (κ3) is 3.25. The van der Waals surface area contributed by atoms with Crippen LogP contribution in [0.3, 0.4) is 0 Å². The Morgan fingerprint density at radius 3 is 2.61 bits per heavy atom. The molecule has 0 aromatic carbocycles. The Morgan fingerprint density at radius 2 is 1.87 bits per heavy atom. The van der Waals surface area contributed by atoms with Gasteiger partial charge in [0.05, 0.1) is 6.54 Å². The smallest absolute Gasteiger partial charge is 0.316 e. The molecule has 2 aromatic rings. The second-order valence-corrected chi connectivity index (χ2v) is 6.52. The maximum Gasteiger partial charge on any atom is 0.316 e. The van der Waals surface area contributed by atoms with E-state index in [0.29, 0.717) is 11.9 Å². The lowest BCUT2D eigenvalue weighted by molar-refractivity contribution is 0.206. The summed E-state index contributed by atoms with van der Waals surface area (Å²) in [4.78, 5) is 20.1. The lowest BCUT2D eigenvalue weighted by atomic mass is 10.3. The Labute approximate surface area is 136 Å². The zero-order chi connectivity index (χ0) is 15.8. The molecular weight excluding hydrogens is 290 g/mol. The minimum absolute atomic E-state index is 0.109. The summed E-state index contributed by atoms with van der Waals surface area (Å²) in [7, 11) is 0. The second kappa shape index (κ2) is 5.76. The van der Waals surface area contributed by atoms with Gasteiger partial charge in [0.25, 0.3) is 0 Å². The van der Waals surface area contributed by atoms with Crippen LogP contribution < -0.4 is 9.64 Å². The number of anilines is 1. The van der Waals surface area contributed by atoms with E-state index < -0.39 is 0 Å². The summed E-state index contributed by atoms with van der Waals surface area (Å²) in [5, 5.41) is 0. The van der Waals surface area contributed by atoms with Crippen molar-refractivity contribution in [3.05, 3.63) is 35.5 Å². The molecule has 2 aromatic heterocycles. The van der Waals surface area contributed by atoms with E-state index in [0.717, 1.165) is 42.4 Å². The quantitative estimate of drug-likeness (QED) is 0.864. The highest BCUT2D eigenvalue weighted by Crippen LogP contribution is 2.38. The third-order valence-electron chi connectivity index (χ3n) is 4.30. The van der Waals surface area contributed by atoms with Crippen LogP contribution in [0.1, 0.15) is 42.3 Å². The van der Waals surface area contributed by atoms with Crippen molar-refractivity contribution in [1.29, 1.82) is 0 Å². The van der Waals surface area contributed by atoms with Gasteiger partial charge in [-0.3, -0.25) is 0 Å². The van der Waals surface area contributed by atoms with Crippen LogP contribution in [0.2, 0.25) is 0 Å². The molecule has 6 nitrogen and oxygen atoms in total. The van der Waals surface area contributed by atoms with Crippen LogP contribution in [0.25, 0.3) is 0 Å². The summed E-state index contributed by atoms with van der Waals surface area (Å²) in [6.07, 6.45) is 7.07. The molecule has 4 rings (SSSR count). The van der Waals surface area contributed by atoms with E-state index in [9.17, 15) is 0 Å². The van der Waals surface area contributed by atoms with E-state index in [4.69, 9.17) is 9.72 Å². The van der Waals surface area contributed by atoms with Crippen molar-refractivity contribution in [2.75, 3.05) is 18.0 Å². The van der Waals surface area contributed by atoms with Gasteiger partial charge in [-0.15, -0.1) is 0 Å². The van der Waals surface area contributed by atoms with Crippen molar-refractivity contribution in [3.8, 4) is 6.01 Å². The van der Waals surface area contributed by atoms with Gasteiger partial charge in [0.1, 0.15) is 17.7 Å². The molecule has 2 aliphatic rings. The average molecular weight is 311 g/mol. The zero-order valence-electron chi connectivity index (χ0n) is 13.6. The maximum absolute atomic E-state index is 5.90. The molecule has 1 saturated heterocycles. The van der Waals surface area contributed by atoms with Crippen LogP contribution in [0.4, 0.5) is 5.82 Å². The predicted octanol–water partition coefficient (Wildman–Crippen LogP) is 2.42. The topological polar surface area (TPSA) is 64.0 Å². The number of aryl methyl sites for hydroxylation is 2. The summed E-state index contributed by atoms with van der Waals surface area (Å²) < 4.78 is 5.90. The molecule has 3 heterocycles. The Balaban J connectivity index is 1.44. The van der Waals surface area contributed by atoms with Crippen molar-refractivity contribution in [2.24, 2.45) is 0 Å². The molecule has 23 heavy (non-hydrogen) atoms. The highest BCUT2D eigenvalue weighted by atomic mass is 16.5. The number of hydrogen-bond donors (Lipinski definition) is 0. The number of ether oxygens (including phenoxy) is 1. The van der Waals surface area contributed by atoms with Crippen molar-refractivity contribution in [1.82, 2.24) is 19.9 Å². The lowest BCUT2D eigenvalue weighted by Crippen LogP contribution is -2.26. The highest BCUT2D eigenvalue weighted by molar-refractivity contribution is 5.42. The van der Waals surface area contributed by atoms with Gasteiger partial charge in [-0.1, -0.05) is 0 Å². The zero-order valence-corrected chi connectivity index (χ0v) is 13.6. The molecule has 0 radical (unpaired) electrons. The normalized spacial score (nSPS) is 20.8. The van der Waals surface area contributed by atoms with Crippen LogP contribution in [0, 0.1) is 13.8 Å². The van der Waals surface area contributed by atoms with Crippen LogP contribution in [-0.4, -0.2) is 39.1 Å². The predicted molar refractivity (Wildman–Crippen MR) is 86.8 cm³/mol. The fraction of sp³-hybridized carbons (Fsp3) is 0.529. The number of nitrogens with zero attached hydrogens (tertiary/aromatic N) is 5. The molecule has 0 N–H and O–H groups in total. The molecule has 120 valence electrons. The summed E-state index contributed by atoms with van der Waals surface area (Å²) in [5.74, 6) is 2.60. The van der Waals surface area contributed by atoms with Gasteiger partial charge in [-0.05, 0) is 32.3 Å². The van der Waals surface area contributed by atoms with Gasteiger partial charge in [-0.2, -0.15) is 0 Å². The van der Waals surface area contributed by atoms with Gasteiger partial charge in [-0.25, -0.2) is 19.9 Å². The van der Waals surface area contributed by atoms with Crippen molar-refractivity contribution >= 4 is 5.82 Å². The van der Waals surface area contributed by atoms with E-state index >= 15 is 0 Å². The first kappa shape index (κ1) is 14.4. The summed E-state index contributed by atoms with van der Waals surface area (Å²) in [6, 6.07) is 2.52. The van der Waals surface area contributed by atoms with Crippen LogP contribution in [0.5, 0.6) is 6.01 Å². The number of hydrogen-bond acceptors (Lipinski definition) is 6. The molecule has 1 saturated carbocycles. The van der Waals surface area contributed by atoms with Gasteiger partial charge in [0, 0.05) is 43.0 Å². The molecule has 1 atom stereocenters. The van der Waals surface area contributed by atoms with Crippen LogP contribution in [-0.2, 0) is 0 Å². The van der Waals surface area contributed by atoms with E-state index in [1.54, 1.807) is 12.4 Å². The average Bonchev–Trinajstić information content (AvgIpc) is 3.29. The standard InChI is InChI=1S/C17H21N5O/c1-11-8-18-17(19-9-11)23-14-5-6-22(10-14)15-7-12(2)20-16(21-15)13-3-4-13/h7-9,13-14H,3-6,10H2,1-2H3. The highest BCUT2D eigenvalue weighted by Gasteiger charge is 2.30. The minimum Gasteiger partial charge on any atom is -0.458 e. The number of rotatable bonds is 4. The largest absolute Gasteiger partial charge is 0.458 e. The molecule has 1 aliphatic heterocycles. The first-order valence-electron chi connectivity index (χ1n) is 8.23. The Kier molecular flexibility index (Phi) is 3.59. The molecule has 6 heteroatoms. The summed E-state index contributed by atoms with van der Waals surface area (Å²) >= 11 is 0. The van der Waals surface area contributed by atoms with Gasteiger partial charge in [0.2, 0.25) is 0 Å². The Bertz CT molecular complexity index is 699. The first-order valence-corrected chi connectivity index (χ1v) is 8.23. The molecule has 1 unspecified atom stereocenters. The van der Waals surface area contributed by atoms with E-state index in [-0.39, 0.29) is 6.10 Å².